The number of rotatable bonds is 2. The highest BCUT2D eigenvalue weighted by Crippen LogP contribution is 2.31. The van der Waals surface area contributed by atoms with Crippen molar-refractivity contribution in [3.05, 3.63) is 48.0 Å². The summed E-state index contributed by atoms with van der Waals surface area (Å²) < 4.78 is 0. The van der Waals surface area contributed by atoms with Crippen molar-refractivity contribution in [2.24, 2.45) is 0 Å². The molecule has 0 aromatic heterocycles. The Balaban J connectivity index is 2.60. The van der Waals surface area contributed by atoms with Gasteiger partial charge in [-0.25, -0.2) is 0 Å². The molecule has 0 aliphatic rings. The largest absolute Gasteiger partial charge is 0.114 e. The van der Waals surface area contributed by atoms with E-state index in [-0.39, 0.29) is 10.8 Å². The maximum absolute atomic E-state index is 5.93. The van der Waals surface area contributed by atoms with Crippen molar-refractivity contribution in [2.45, 2.75) is 17.7 Å². The Labute approximate surface area is 99.8 Å². The zero-order valence-corrected chi connectivity index (χ0v) is 9.96. The fourth-order valence-corrected chi connectivity index (χ4v) is 2.05. The summed E-state index contributed by atoms with van der Waals surface area (Å²) in [6.07, 6.45) is 0. The lowest BCUT2D eigenvalue weighted by Gasteiger charge is -2.15. The highest BCUT2D eigenvalue weighted by molar-refractivity contribution is 6.44. The summed E-state index contributed by atoms with van der Waals surface area (Å²) in [5, 5.41) is 2.47. The van der Waals surface area contributed by atoms with Crippen LogP contribution in [0, 0.1) is 0 Å². The molecule has 0 nitrogen and oxygen atoms in total. The van der Waals surface area contributed by atoms with Crippen LogP contribution in [0.1, 0.15) is 18.4 Å². The van der Waals surface area contributed by atoms with Crippen LogP contribution in [-0.4, -0.2) is 4.84 Å². The zero-order valence-electron chi connectivity index (χ0n) is 8.45. The molecule has 78 valence electrons. The van der Waals surface area contributed by atoms with Crippen molar-refractivity contribution in [2.75, 3.05) is 0 Å². The number of halogens is 2. The number of benzene rings is 2. The van der Waals surface area contributed by atoms with Crippen molar-refractivity contribution in [1.29, 1.82) is 0 Å². The molecule has 0 radical (unpaired) electrons. The summed E-state index contributed by atoms with van der Waals surface area (Å²) in [7, 11) is 0. The molecule has 15 heavy (non-hydrogen) atoms. The van der Waals surface area contributed by atoms with E-state index in [1.54, 1.807) is 0 Å². The summed E-state index contributed by atoms with van der Waals surface area (Å²) in [6, 6.07) is 14.5. The molecule has 0 bridgehead atoms. The Morgan fingerprint density at radius 2 is 1.60 bits per heavy atom. The molecular weight excluding hydrogens is 227 g/mol. The number of fused-ring (bicyclic) bond motifs is 1. The third kappa shape index (κ3) is 2.11. The Bertz CT molecular complexity index is 458. The highest BCUT2D eigenvalue weighted by Gasteiger charge is 2.15. The minimum absolute atomic E-state index is 0.152. The first-order valence-corrected chi connectivity index (χ1v) is 5.83. The lowest BCUT2D eigenvalue weighted by molar-refractivity contribution is 0.842. The molecule has 2 heteroatoms. The Hall–Kier alpha value is -0.720. The SMILES string of the molecule is CC(c1cccc2ccccc12)C(Cl)Cl. The van der Waals surface area contributed by atoms with Crippen LogP contribution in [0.5, 0.6) is 0 Å². The van der Waals surface area contributed by atoms with Crippen molar-refractivity contribution in [3.8, 4) is 0 Å². The second-order valence-corrected chi connectivity index (χ2v) is 4.86. The fourth-order valence-electron chi connectivity index (χ4n) is 1.78. The molecule has 2 rings (SSSR count). The van der Waals surface area contributed by atoms with Gasteiger partial charge < -0.3 is 0 Å². The molecule has 0 saturated heterocycles. The van der Waals surface area contributed by atoms with Gasteiger partial charge in [-0.2, -0.15) is 0 Å². The standard InChI is InChI=1S/C13H12Cl2/c1-9(13(14)15)11-8-4-6-10-5-2-3-7-12(10)11/h2-9,13H,1H3. The lowest BCUT2D eigenvalue weighted by Crippen LogP contribution is -2.02. The first kappa shape index (κ1) is 10.8. The van der Waals surface area contributed by atoms with Crippen molar-refractivity contribution in [3.63, 3.8) is 0 Å². The van der Waals surface area contributed by atoms with E-state index < -0.39 is 0 Å². The van der Waals surface area contributed by atoms with E-state index in [9.17, 15) is 0 Å². The summed E-state index contributed by atoms with van der Waals surface area (Å²) in [6.45, 7) is 2.05. The van der Waals surface area contributed by atoms with E-state index in [4.69, 9.17) is 23.2 Å². The van der Waals surface area contributed by atoms with Gasteiger partial charge in [-0.1, -0.05) is 49.4 Å². The molecule has 0 amide bonds. The smallest absolute Gasteiger partial charge is 0.105 e. The average Bonchev–Trinajstić information content (AvgIpc) is 2.27. The van der Waals surface area contributed by atoms with Gasteiger partial charge in [0.2, 0.25) is 0 Å². The minimum Gasteiger partial charge on any atom is -0.105 e. The van der Waals surface area contributed by atoms with Crippen LogP contribution in [0.25, 0.3) is 10.8 Å². The molecule has 2 aromatic rings. The van der Waals surface area contributed by atoms with Gasteiger partial charge in [0, 0.05) is 5.92 Å². The first-order valence-electron chi connectivity index (χ1n) is 4.96. The van der Waals surface area contributed by atoms with Gasteiger partial charge in [0.15, 0.2) is 0 Å². The van der Waals surface area contributed by atoms with Gasteiger partial charge >= 0.3 is 0 Å². The maximum Gasteiger partial charge on any atom is 0.114 e. The molecule has 1 atom stereocenters. The van der Waals surface area contributed by atoms with Gasteiger partial charge in [-0.15, -0.1) is 23.2 Å². The molecule has 0 saturated carbocycles. The van der Waals surface area contributed by atoms with Gasteiger partial charge in [-0.3, -0.25) is 0 Å². The summed E-state index contributed by atoms with van der Waals surface area (Å²) >= 11 is 11.9. The number of hydrogen-bond acceptors (Lipinski definition) is 0. The molecular formula is C13H12Cl2. The summed E-state index contributed by atoms with van der Waals surface area (Å²) in [5.74, 6) is 0.152. The predicted octanol–water partition coefficient (Wildman–Crippen LogP) is 4.75. The maximum atomic E-state index is 5.93. The van der Waals surface area contributed by atoms with Crippen molar-refractivity contribution < 1.29 is 0 Å². The van der Waals surface area contributed by atoms with E-state index in [1.807, 2.05) is 25.1 Å². The van der Waals surface area contributed by atoms with Gasteiger partial charge in [0.25, 0.3) is 0 Å². The minimum atomic E-state index is -0.365. The summed E-state index contributed by atoms with van der Waals surface area (Å²) in [4.78, 5) is -0.365. The van der Waals surface area contributed by atoms with Crippen LogP contribution in [0.3, 0.4) is 0 Å². The Morgan fingerprint density at radius 3 is 2.33 bits per heavy atom. The number of hydrogen-bond donors (Lipinski definition) is 0. The predicted molar refractivity (Wildman–Crippen MR) is 67.9 cm³/mol. The zero-order chi connectivity index (χ0) is 10.8. The van der Waals surface area contributed by atoms with Crippen LogP contribution < -0.4 is 0 Å². The van der Waals surface area contributed by atoms with Crippen LogP contribution in [0.2, 0.25) is 0 Å². The molecule has 0 heterocycles. The topological polar surface area (TPSA) is 0 Å². The molecule has 0 aliphatic carbocycles. The Morgan fingerprint density at radius 1 is 0.933 bits per heavy atom. The third-order valence-electron chi connectivity index (χ3n) is 2.69. The quantitative estimate of drug-likeness (QED) is 0.663. The fraction of sp³-hybridized carbons (Fsp3) is 0.231. The van der Waals surface area contributed by atoms with Gasteiger partial charge in [0.05, 0.1) is 0 Å². The second-order valence-electron chi connectivity index (χ2n) is 3.69. The van der Waals surface area contributed by atoms with E-state index in [2.05, 4.69) is 24.3 Å². The van der Waals surface area contributed by atoms with Gasteiger partial charge in [0.1, 0.15) is 4.84 Å². The monoisotopic (exact) mass is 238 g/mol. The average molecular weight is 239 g/mol. The van der Waals surface area contributed by atoms with E-state index >= 15 is 0 Å². The van der Waals surface area contributed by atoms with Crippen LogP contribution in [0.4, 0.5) is 0 Å². The highest BCUT2D eigenvalue weighted by atomic mass is 35.5. The van der Waals surface area contributed by atoms with Crippen LogP contribution in [-0.2, 0) is 0 Å². The summed E-state index contributed by atoms with van der Waals surface area (Å²) in [5.41, 5.74) is 1.21. The number of alkyl halides is 2. The van der Waals surface area contributed by atoms with Crippen molar-refractivity contribution in [1.82, 2.24) is 0 Å². The molecule has 0 fully saturated rings. The van der Waals surface area contributed by atoms with Crippen LogP contribution >= 0.6 is 23.2 Å². The van der Waals surface area contributed by atoms with Crippen molar-refractivity contribution >= 4 is 34.0 Å². The Kier molecular flexibility index (Phi) is 3.18. The van der Waals surface area contributed by atoms with E-state index in [1.165, 1.54) is 16.3 Å². The second kappa shape index (κ2) is 4.42. The molecule has 0 aliphatic heterocycles. The van der Waals surface area contributed by atoms with E-state index in [0.717, 1.165) is 0 Å². The normalized spacial score (nSPS) is 13.3. The molecule has 0 N–H and O–H groups in total. The van der Waals surface area contributed by atoms with Gasteiger partial charge in [-0.05, 0) is 16.3 Å². The molecule has 0 spiro atoms. The third-order valence-corrected chi connectivity index (χ3v) is 3.45. The molecule has 1 unspecified atom stereocenters. The molecule has 2 aromatic carbocycles. The first-order chi connectivity index (χ1) is 7.20. The van der Waals surface area contributed by atoms with E-state index in [0.29, 0.717) is 0 Å². The lowest BCUT2D eigenvalue weighted by atomic mass is 9.96. The van der Waals surface area contributed by atoms with Crippen LogP contribution in [0.15, 0.2) is 42.5 Å².